The fourth-order valence-corrected chi connectivity index (χ4v) is 6.51. The number of carboxylic acids is 1. The van der Waals surface area contributed by atoms with E-state index >= 15 is 0 Å². The van der Waals surface area contributed by atoms with Crippen LogP contribution in [0.4, 0.5) is 5.13 Å². The Morgan fingerprint density at radius 3 is 2.48 bits per heavy atom. The molecule has 0 saturated heterocycles. The number of aromatic hydroxyl groups is 1. The molecular weight excluding hydrogens is 525 g/mol. The molecule has 1 aliphatic rings. The van der Waals surface area contributed by atoms with E-state index in [0.29, 0.717) is 21.3 Å². The normalized spacial score (nSPS) is 16.2. The summed E-state index contributed by atoms with van der Waals surface area (Å²) in [6.45, 7) is 3.60. The summed E-state index contributed by atoms with van der Waals surface area (Å²) in [5.41, 5.74) is 8.91. The minimum Gasteiger partial charge on any atom is -0.508 e. The molecule has 0 spiro atoms. The SMILES string of the molecule is CC(N)=C(C(=Nc1nc2c(s1)SC(C)c1cc(Cl)c(Cl)cc1-2)C(=O)O)c1cc(O)cc(Cl)c1. The molecule has 1 atom stereocenters. The number of aliphatic imine (C=N–C) groups is 1. The van der Waals surface area contributed by atoms with Crippen LogP contribution < -0.4 is 5.73 Å². The Bertz CT molecular complexity index is 1340. The van der Waals surface area contributed by atoms with Crippen molar-refractivity contribution >= 4 is 80.3 Å². The summed E-state index contributed by atoms with van der Waals surface area (Å²) in [4.78, 5) is 21.1. The van der Waals surface area contributed by atoms with Gasteiger partial charge in [0.2, 0.25) is 5.13 Å². The molecule has 0 amide bonds. The zero-order chi connectivity index (χ0) is 24.0. The highest BCUT2D eigenvalue weighted by atomic mass is 35.5. The molecule has 33 heavy (non-hydrogen) atoms. The summed E-state index contributed by atoms with van der Waals surface area (Å²) in [5.74, 6) is -1.41. The predicted octanol–water partition coefficient (Wildman–Crippen LogP) is 7.19. The summed E-state index contributed by atoms with van der Waals surface area (Å²) < 4.78 is 0.896. The first-order valence-electron chi connectivity index (χ1n) is 9.50. The van der Waals surface area contributed by atoms with Crippen LogP contribution in [0.15, 0.2) is 45.2 Å². The van der Waals surface area contributed by atoms with E-state index in [4.69, 9.17) is 40.5 Å². The highest BCUT2D eigenvalue weighted by molar-refractivity contribution is 8.01. The Kier molecular flexibility index (Phi) is 6.66. The van der Waals surface area contributed by atoms with Gasteiger partial charge in [-0.05, 0) is 55.3 Å². The van der Waals surface area contributed by atoms with Gasteiger partial charge in [-0.1, -0.05) is 46.1 Å². The van der Waals surface area contributed by atoms with Gasteiger partial charge in [0.15, 0.2) is 5.71 Å². The van der Waals surface area contributed by atoms with Gasteiger partial charge in [-0.2, -0.15) is 0 Å². The van der Waals surface area contributed by atoms with Crippen molar-refractivity contribution in [3.05, 3.63) is 62.2 Å². The number of fused-ring (bicyclic) bond motifs is 3. The van der Waals surface area contributed by atoms with Crippen LogP contribution >= 0.6 is 57.9 Å². The van der Waals surface area contributed by atoms with Crippen LogP contribution in [0.2, 0.25) is 15.1 Å². The second kappa shape index (κ2) is 9.19. The van der Waals surface area contributed by atoms with Gasteiger partial charge >= 0.3 is 5.97 Å². The molecule has 1 unspecified atom stereocenters. The molecule has 1 aliphatic heterocycles. The minimum atomic E-state index is -1.29. The van der Waals surface area contributed by atoms with Gasteiger partial charge in [0.25, 0.3) is 0 Å². The largest absolute Gasteiger partial charge is 0.508 e. The Labute approximate surface area is 212 Å². The number of phenols is 1. The summed E-state index contributed by atoms with van der Waals surface area (Å²) in [6.07, 6.45) is 0. The molecule has 6 nitrogen and oxygen atoms in total. The second-order valence-electron chi connectivity index (χ2n) is 7.27. The number of benzene rings is 2. The number of carboxylic acid groups (broad SMARTS) is 1. The third-order valence-electron chi connectivity index (χ3n) is 4.87. The Morgan fingerprint density at radius 1 is 1.15 bits per heavy atom. The first-order chi connectivity index (χ1) is 15.5. The van der Waals surface area contributed by atoms with Crippen LogP contribution in [0, 0.1) is 0 Å². The number of aromatic nitrogens is 1. The van der Waals surface area contributed by atoms with E-state index in [2.05, 4.69) is 9.98 Å². The average Bonchev–Trinajstić information content (AvgIpc) is 3.10. The smallest absolute Gasteiger partial charge is 0.355 e. The monoisotopic (exact) mass is 539 g/mol. The molecule has 3 aromatic rings. The molecule has 170 valence electrons. The molecule has 11 heteroatoms. The molecule has 0 aliphatic carbocycles. The number of phenolic OH excluding ortho intramolecular Hbond substituents is 1. The maximum absolute atomic E-state index is 12.2. The summed E-state index contributed by atoms with van der Waals surface area (Å²) in [5, 5.41) is 21.3. The van der Waals surface area contributed by atoms with Gasteiger partial charge in [-0.3, -0.25) is 0 Å². The van der Waals surface area contributed by atoms with Crippen molar-refractivity contribution in [2.24, 2.45) is 10.7 Å². The van der Waals surface area contributed by atoms with Gasteiger partial charge in [0.1, 0.15) is 5.75 Å². The molecule has 1 aromatic heterocycles. The standard InChI is InChI=1S/C22H16Cl3N3O3S2/c1-8(26)17(10-3-11(23)5-12(29)4-10)19(20(30)31)28-22-27-18-14-7-16(25)15(24)6-13(14)9(2)32-21(18)33-22/h3-7,9,29H,26H2,1-2H3,(H,30,31). The maximum Gasteiger partial charge on any atom is 0.355 e. The van der Waals surface area contributed by atoms with E-state index in [9.17, 15) is 15.0 Å². The molecule has 4 rings (SSSR count). The highest BCUT2D eigenvalue weighted by Crippen LogP contribution is 2.53. The molecule has 0 radical (unpaired) electrons. The fraction of sp³-hybridized carbons (Fsp3) is 0.136. The van der Waals surface area contributed by atoms with Crippen molar-refractivity contribution in [2.45, 2.75) is 23.3 Å². The van der Waals surface area contributed by atoms with Crippen LogP contribution in [0.3, 0.4) is 0 Å². The lowest BCUT2D eigenvalue weighted by Crippen LogP contribution is -2.18. The van der Waals surface area contributed by atoms with Gasteiger partial charge in [-0.25, -0.2) is 14.8 Å². The minimum absolute atomic E-state index is 0.106. The van der Waals surface area contributed by atoms with Crippen LogP contribution in [0.25, 0.3) is 16.8 Å². The first kappa shape index (κ1) is 23.9. The number of allylic oxidation sites excluding steroid dienone is 1. The molecular formula is C22H16Cl3N3O3S2. The topological polar surface area (TPSA) is 109 Å². The number of hydrogen-bond acceptors (Lipinski definition) is 7. The summed E-state index contributed by atoms with van der Waals surface area (Å²) in [7, 11) is 0. The van der Waals surface area contributed by atoms with Crippen LogP contribution in [-0.4, -0.2) is 26.9 Å². The van der Waals surface area contributed by atoms with E-state index in [0.717, 1.165) is 15.3 Å². The van der Waals surface area contributed by atoms with Crippen LogP contribution in [-0.2, 0) is 4.79 Å². The van der Waals surface area contributed by atoms with Crippen LogP contribution in [0.1, 0.15) is 30.2 Å². The van der Waals surface area contributed by atoms with Crippen LogP contribution in [0.5, 0.6) is 5.75 Å². The van der Waals surface area contributed by atoms with Gasteiger partial charge in [0, 0.05) is 27.1 Å². The number of hydrogen-bond donors (Lipinski definition) is 3. The Balaban J connectivity index is 1.86. The number of carbonyl (C=O) groups is 1. The van der Waals surface area contributed by atoms with Gasteiger partial charge < -0.3 is 15.9 Å². The van der Waals surface area contributed by atoms with E-state index in [1.54, 1.807) is 24.8 Å². The molecule has 0 fully saturated rings. The second-order valence-corrected chi connectivity index (χ2v) is 11.1. The first-order valence-corrected chi connectivity index (χ1v) is 12.3. The molecule has 2 aromatic carbocycles. The number of thioether (sulfide) groups is 1. The Morgan fingerprint density at radius 2 is 1.85 bits per heavy atom. The number of thiazole rings is 1. The number of halogens is 3. The molecule has 4 N–H and O–H groups in total. The van der Waals surface area contributed by atoms with E-state index in [1.807, 2.05) is 13.0 Å². The quantitative estimate of drug-likeness (QED) is 0.302. The predicted molar refractivity (Wildman–Crippen MR) is 136 cm³/mol. The molecule has 0 bridgehead atoms. The number of rotatable bonds is 4. The van der Waals surface area contributed by atoms with Crippen molar-refractivity contribution in [3.8, 4) is 17.0 Å². The van der Waals surface area contributed by atoms with Crippen molar-refractivity contribution in [1.29, 1.82) is 0 Å². The average molecular weight is 541 g/mol. The van der Waals surface area contributed by atoms with E-state index < -0.39 is 5.97 Å². The van der Waals surface area contributed by atoms with Crippen molar-refractivity contribution < 1.29 is 15.0 Å². The number of nitrogens with zero attached hydrogens (tertiary/aromatic N) is 2. The lowest BCUT2D eigenvalue weighted by atomic mass is 9.99. The maximum atomic E-state index is 12.2. The number of aliphatic carboxylic acids is 1. The fourth-order valence-electron chi connectivity index (χ4n) is 3.50. The van der Waals surface area contributed by atoms with E-state index in [-0.39, 0.29) is 38.1 Å². The molecule has 2 heterocycles. The third kappa shape index (κ3) is 4.72. The third-order valence-corrected chi connectivity index (χ3v) is 8.10. The zero-order valence-electron chi connectivity index (χ0n) is 17.2. The summed E-state index contributed by atoms with van der Waals surface area (Å²) >= 11 is 21.4. The summed E-state index contributed by atoms with van der Waals surface area (Å²) in [6, 6.07) is 7.83. The highest BCUT2D eigenvalue weighted by Gasteiger charge is 2.28. The van der Waals surface area contributed by atoms with Gasteiger partial charge in [0.05, 0.1) is 19.9 Å². The van der Waals surface area contributed by atoms with Crippen molar-refractivity contribution in [1.82, 2.24) is 4.98 Å². The Hall–Kier alpha value is -2.23. The van der Waals surface area contributed by atoms with Crippen molar-refractivity contribution in [3.63, 3.8) is 0 Å². The zero-order valence-corrected chi connectivity index (χ0v) is 21.1. The van der Waals surface area contributed by atoms with Crippen molar-refractivity contribution in [2.75, 3.05) is 0 Å². The lowest BCUT2D eigenvalue weighted by molar-refractivity contribution is -0.129. The van der Waals surface area contributed by atoms with E-state index in [1.165, 1.54) is 29.5 Å². The molecule has 0 saturated carbocycles. The van der Waals surface area contributed by atoms with Gasteiger partial charge in [-0.15, -0.1) is 11.8 Å². The number of nitrogens with two attached hydrogens (primary N) is 1. The lowest BCUT2D eigenvalue weighted by Gasteiger charge is -2.21.